The lowest BCUT2D eigenvalue weighted by Gasteiger charge is -2.21. The first-order valence-corrected chi connectivity index (χ1v) is 7.25. The monoisotopic (exact) mass is 262 g/mol. The fourth-order valence-corrected chi connectivity index (χ4v) is 3.45. The average molecular weight is 262 g/mol. The molecule has 0 aliphatic carbocycles. The summed E-state index contributed by atoms with van der Waals surface area (Å²) in [6, 6.07) is 0. The van der Waals surface area contributed by atoms with Crippen LogP contribution in [0.5, 0.6) is 0 Å². The number of aromatic nitrogens is 2. The molecule has 5 heteroatoms. The second-order valence-electron chi connectivity index (χ2n) is 4.75. The van der Waals surface area contributed by atoms with E-state index in [1.54, 1.807) is 17.7 Å². The molecule has 1 aliphatic rings. The van der Waals surface area contributed by atoms with Crippen molar-refractivity contribution >= 4 is 27.4 Å². The van der Waals surface area contributed by atoms with Gasteiger partial charge in [-0.3, -0.25) is 0 Å². The average Bonchev–Trinajstić information content (AvgIpc) is 2.61. The smallest absolute Gasteiger partial charge is 0.141 e. The van der Waals surface area contributed by atoms with Crippen LogP contribution >= 0.6 is 11.3 Å². The lowest BCUT2D eigenvalue weighted by molar-refractivity contribution is 0.724. The predicted molar refractivity (Wildman–Crippen MR) is 76.6 cm³/mol. The molecule has 0 radical (unpaired) electrons. The largest absolute Gasteiger partial charge is 0.355 e. The minimum atomic E-state index is 1.03. The quantitative estimate of drug-likeness (QED) is 0.854. The highest BCUT2D eigenvalue weighted by molar-refractivity contribution is 7.18. The van der Waals surface area contributed by atoms with Crippen LogP contribution in [0.1, 0.15) is 16.9 Å². The van der Waals surface area contributed by atoms with Crippen LogP contribution < -0.4 is 10.2 Å². The van der Waals surface area contributed by atoms with E-state index in [0.29, 0.717) is 0 Å². The van der Waals surface area contributed by atoms with Crippen molar-refractivity contribution in [3.05, 3.63) is 16.8 Å². The Labute approximate surface area is 111 Å². The van der Waals surface area contributed by atoms with Crippen molar-refractivity contribution in [2.24, 2.45) is 0 Å². The third-order valence-electron chi connectivity index (χ3n) is 3.58. The first kappa shape index (κ1) is 11.9. The van der Waals surface area contributed by atoms with Gasteiger partial charge in [0.2, 0.25) is 0 Å². The van der Waals surface area contributed by atoms with E-state index in [-0.39, 0.29) is 0 Å². The fourth-order valence-electron chi connectivity index (χ4n) is 2.46. The summed E-state index contributed by atoms with van der Waals surface area (Å²) in [5, 5.41) is 4.68. The zero-order valence-corrected chi connectivity index (χ0v) is 11.7. The second kappa shape index (κ2) is 4.82. The Kier molecular flexibility index (Phi) is 3.18. The van der Waals surface area contributed by atoms with E-state index in [2.05, 4.69) is 34.0 Å². The highest BCUT2D eigenvalue weighted by atomic mass is 32.1. The van der Waals surface area contributed by atoms with E-state index in [1.807, 2.05) is 0 Å². The van der Waals surface area contributed by atoms with Crippen LogP contribution in [0.25, 0.3) is 10.2 Å². The van der Waals surface area contributed by atoms with Crippen LogP contribution in [0.2, 0.25) is 0 Å². The molecule has 0 unspecified atom stereocenters. The van der Waals surface area contributed by atoms with E-state index < -0.39 is 0 Å². The lowest BCUT2D eigenvalue weighted by atomic mass is 10.2. The lowest BCUT2D eigenvalue weighted by Crippen LogP contribution is -2.28. The van der Waals surface area contributed by atoms with E-state index in [9.17, 15) is 0 Å². The maximum atomic E-state index is 4.54. The molecule has 1 fully saturated rings. The van der Waals surface area contributed by atoms with Gasteiger partial charge in [-0.25, -0.2) is 9.97 Å². The third-order valence-corrected chi connectivity index (χ3v) is 4.70. The molecule has 3 rings (SSSR count). The summed E-state index contributed by atoms with van der Waals surface area (Å²) >= 11 is 1.77. The van der Waals surface area contributed by atoms with Crippen molar-refractivity contribution in [1.82, 2.24) is 15.3 Å². The van der Waals surface area contributed by atoms with Gasteiger partial charge < -0.3 is 10.2 Å². The maximum absolute atomic E-state index is 4.54. The number of aryl methyl sites for hydroxylation is 2. The summed E-state index contributed by atoms with van der Waals surface area (Å²) in [6.07, 6.45) is 2.87. The van der Waals surface area contributed by atoms with E-state index >= 15 is 0 Å². The third kappa shape index (κ3) is 1.97. The summed E-state index contributed by atoms with van der Waals surface area (Å²) in [5.41, 5.74) is 1.34. The molecular weight excluding hydrogens is 244 g/mol. The Hall–Kier alpha value is -1.20. The van der Waals surface area contributed by atoms with Crippen molar-refractivity contribution in [3.63, 3.8) is 0 Å². The van der Waals surface area contributed by atoms with Gasteiger partial charge in [0, 0.05) is 24.5 Å². The van der Waals surface area contributed by atoms with Gasteiger partial charge >= 0.3 is 0 Å². The Bertz CT molecular complexity index is 555. The minimum absolute atomic E-state index is 1.03. The van der Waals surface area contributed by atoms with E-state index in [0.717, 1.165) is 36.8 Å². The number of rotatable bonds is 1. The van der Waals surface area contributed by atoms with Gasteiger partial charge in [0.1, 0.15) is 17.0 Å². The maximum Gasteiger partial charge on any atom is 0.141 e. The van der Waals surface area contributed by atoms with Gasteiger partial charge in [0.25, 0.3) is 0 Å². The molecule has 2 aromatic rings. The number of fused-ring (bicyclic) bond motifs is 1. The van der Waals surface area contributed by atoms with Gasteiger partial charge in [-0.2, -0.15) is 0 Å². The zero-order valence-electron chi connectivity index (χ0n) is 10.9. The molecule has 0 saturated carbocycles. The fraction of sp³-hybridized carbons (Fsp3) is 0.538. The minimum Gasteiger partial charge on any atom is -0.355 e. The van der Waals surface area contributed by atoms with Gasteiger partial charge in [0.15, 0.2) is 0 Å². The van der Waals surface area contributed by atoms with Crippen LogP contribution in [0, 0.1) is 13.8 Å². The Morgan fingerprint density at radius 3 is 3.00 bits per heavy atom. The molecule has 0 aromatic carbocycles. The first-order valence-electron chi connectivity index (χ1n) is 6.44. The summed E-state index contributed by atoms with van der Waals surface area (Å²) in [6.45, 7) is 8.58. The molecule has 18 heavy (non-hydrogen) atoms. The Balaban J connectivity index is 2.09. The van der Waals surface area contributed by atoms with Crippen molar-refractivity contribution in [2.75, 3.05) is 31.1 Å². The van der Waals surface area contributed by atoms with Gasteiger partial charge in [-0.05, 0) is 32.4 Å². The number of thiophene rings is 1. The van der Waals surface area contributed by atoms with E-state index in [4.69, 9.17) is 0 Å². The van der Waals surface area contributed by atoms with Crippen LogP contribution in [-0.2, 0) is 0 Å². The summed E-state index contributed by atoms with van der Waals surface area (Å²) in [4.78, 5) is 13.8. The van der Waals surface area contributed by atoms with Crippen LogP contribution in [0.3, 0.4) is 0 Å². The SMILES string of the molecule is Cc1sc2ncnc(N3CCCNCC3)c2c1C. The van der Waals surface area contributed by atoms with Crippen LogP contribution in [-0.4, -0.2) is 36.1 Å². The molecular formula is C13H18N4S. The van der Waals surface area contributed by atoms with E-state index in [1.165, 1.54) is 22.2 Å². The first-order chi connectivity index (χ1) is 8.77. The number of nitrogens with one attached hydrogen (secondary N) is 1. The topological polar surface area (TPSA) is 41.1 Å². The number of anilines is 1. The molecule has 1 aliphatic heterocycles. The molecule has 96 valence electrons. The van der Waals surface area contributed by atoms with Crippen molar-refractivity contribution < 1.29 is 0 Å². The number of nitrogens with zero attached hydrogens (tertiary/aromatic N) is 3. The molecule has 2 aromatic heterocycles. The number of hydrogen-bond donors (Lipinski definition) is 1. The van der Waals surface area contributed by atoms with Gasteiger partial charge in [-0.15, -0.1) is 11.3 Å². The number of hydrogen-bond acceptors (Lipinski definition) is 5. The molecule has 4 nitrogen and oxygen atoms in total. The highest BCUT2D eigenvalue weighted by Gasteiger charge is 2.17. The molecule has 3 heterocycles. The molecule has 0 amide bonds. The van der Waals surface area contributed by atoms with Crippen molar-refractivity contribution in [1.29, 1.82) is 0 Å². The Morgan fingerprint density at radius 1 is 1.22 bits per heavy atom. The molecule has 1 N–H and O–H groups in total. The van der Waals surface area contributed by atoms with Gasteiger partial charge in [0.05, 0.1) is 5.39 Å². The summed E-state index contributed by atoms with van der Waals surface area (Å²) in [7, 11) is 0. The molecule has 0 bridgehead atoms. The normalized spacial score (nSPS) is 17.1. The molecule has 0 spiro atoms. The van der Waals surface area contributed by atoms with Crippen LogP contribution in [0.15, 0.2) is 6.33 Å². The summed E-state index contributed by atoms with van der Waals surface area (Å²) in [5.74, 6) is 1.12. The standard InChI is InChI=1S/C13H18N4S/c1-9-10(2)18-13-11(9)12(15-8-16-13)17-6-3-4-14-5-7-17/h8,14H,3-7H2,1-2H3. The van der Waals surface area contributed by atoms with Crippen LogP contribution in [0.4, 0.5) is 5.82 Å². The van der Waals surface area contributed by atoms with Gasteiger partial charge in [-0.1, -0.05) is 0 Å². The second-order valence-corrected chi connectivity index (χ2v) is 5.95. The molecule has 0 atom stereocenters. The zero-order chi connectivity index (χ0) is 12.5. The Morgan fingerprint density at radius 2 is 2.11 bits per heavy atom. The summed E-state index contributed by atoms with van der Waals surface area (Å²) < 4.78 is 0. The predicted octanol–water partition coefficient (Wildman–Crippen LogP) is 2.11. The highest BCUT2D eigenvalue weighted by Crippen LogP contribution is 2.34. The van der Waals surface area contributed by atoms with Crippen molar-refractivity contribution in [2.45, 2.75) is 20.3 Å². The molecule has 1 saturated heterocycles. The van der Waals surface area contributed by atoms with Crippen molar-refractivity contribution in [3.8, 4) is 0 Å².